The summed E-state index contributed by atoms with van der Waals surface area (Å²) >= 11 is 6.49. The van der Waals surface area contributed by atoms with E-state index in [2.05, 4.69) is 0 Å². The highest BCUT2D eigenvalue weighted by Gasteiger charge is 2.60. The van der Waals surface area contributed by atoms with E-state index < -0.39 is 41.4 Å². The summed E-state index contributed by atoms with van der Waals surface area (Å²) in [6.07, 6.45) is 5.23. The number of ketones is 1. The van der Waals surface area contributed by atoms with Crippen LogP contribution in [0.2, 0.25) is 0 Å². The quantitative estimate of drug-likeness (QED) is 0.581. The van der Waals surface area contributed by atoms with E-state index in [0.29, 0.717) is 16.9 Å². The van der Waals surface area contributed by atoms with Crippen molar-refractivity contribution >= 4 is 23.4 Å². The second-order valence-electron chi connectivity index (χ2n) is 8.69. The van der Waals surface area contributed by atoms with Gasteiger partial charge in [0, 0.05) is 23.0 Å². The Hall–Kier alpha value is -2.35. The smallest absolute Gasteiger partial charge is 0.337 e. The van der Waals surface area contributed by atoms with Gasteiger partial charge in [0.25, 0.3) is 0 Å². The van der Waals surface area contributed by atoms with Gasteiger partial charge in [0.1, 0.15) is 11.5 Å². The van der Waals surface area contributed by atoms with E-state index in [1.165, 1.54) is 13.4 Å². The molecule has 0 unspecified atom stereocenters. The fourth-order valence-electron chi connectivity index (χ4n) is 3.98. The zero-order chi connectivity index (χ0) is 24.0. The molecule has 0 fully saturated rings. The van der Waals surface area contributed by atoms with Crippen LogP contribution >= 0.6 is 11.6 Å². The van der Waals surface area contributed by atoms with Crippen LogP contribution in [0.25, 0.3) is 0 Å². The number of hydrogen-bond donors (Lipinski definition) is 2. The lowest BCUT2D eigenvalue weighted by atomic mass is 9.70. The van der Waals surface area contributed by atoms with Gasteiger partial charge in [-0.1, -0.05) is 31.5 Å². The molecular weight excluding hydrogens is 436 g/mol. The van der Waals surface area contributed by atoms with Gasteiger partial charge in [-0.2, -0.15) is 0 Å². The monoisotopic (exact) mass is 464 g/mol. The molecule has 0 aromatic rings. The number of Topliss-reactive ketones (excluding diaryl/α,β-unsaturated/α-hetero) is 1. The van der Waals surface area contributed by atoms with Crippen molar-refractivity contribution in [1.82, 2.24) is 0 Å². The molecule has 0 aromatic carbocycles. The number of fused-ring (bicyclic) bond motifs is 3. The van der Waals surface area contributed by atoms with Crippen molar-refractivity contribution in [2.75, 3.05) is 7.11 Å². The summed E-state index contributed by atoms with van der Waals surface area (Å²) in [5.41, 5.74) is -0.347. The van der Waals surface area contributed by atoms with Gasteiger partial charge in [-0.25, -0.2) is 4.79 Å². The molecule has 7 nitrogen and oxygen atoms in total. The molecule has 2 aliphatic heterocycles. The van der Waals surface area contributed by atoms with Gasteiger partial charge in [-0.05, 0) is 32.9 Å². The van der Waals surface area contributed by atoms with Crippen molar-refractivity contribution in [3.8, 4) is 0 Å². The van der Waals surface area contributed by atoms with Gasteiger partial charge in [0.05, 0.1) is 42.1 Å². The van der Waals surface area contributed by atoms with E-state index in [0.717, 1.165) is 0 Å². The van der Waals surface area contributed by atoms with Crippen molar-refractivity contribution in [3.05, 3.63) is 57.8 Å². The van der Waals surface area contributed by atoms with Crippen LogP contribution in [0.5, 0.6) is 0 Å². The highest BCUT2D eigenvalue weighted by atomic mass is 35.5. The summed E-state index contributed by atoms with van der Waals surface area (Å²) < 4.78 is 16.8. The summed E-state index contributed by atoms with van der Waals surface area (Å²) in [7, 11) is 1.25. The molecule has 1 aliphatic carbocycles. The van der Waals surface area contributed by atoms with Crippen molar-refractivity contribution in [1.29, 1.82) is 0 Å². The Kier molecular flexibility index (Phi) is 6.75. The molecule has 0 radical (unpaired) electrons. The van der Waals surface area contributed by atoms with E-state index in [-0.39, 0.29) is 22.3 Å². The van der Waals surface area contributed by atoms with Crippen LogP contribution in [0.4, 0.5) is 0 Å². The topological polar surface area (TPSA) is 102 Å². The third-order valence-corrected chi connectivity index (χ3v) is 6.79. The molecule has 6 atom stereocenters. The molecule has 2 N–H and O–H groups in total. The average Bonchev–Trinajstić information content (AvgIpc) is 3.08. The summed E-state index contributed by atoms with van der Waals surface area (Å²) in [6.45, 7) is 8.42. The standard InChI is InChI=1S/C24H29ClO7/c1-11(13(3)26)7-8-15-9-16-17(10-31-15)19-18(23(29)30-6)21(12(2)14(4)27)32-24(19,5)22(28)20(16)25/h7-14,19,26-27H,1-6H3/b8-7+/t11-,12-,13-,14-,19-,24+/m1/s1. The molecule has 3 aliphatic rings. The molecule has 32 heavy (non-hydrogen) atoms. The molecule has 0 spiro atoms. The molecule has 2 heterocycles. The molecule has 0 bridgehead atoms. The predicted molar refractivity (Wildman–Crippen MR) is 118 cm³/mol. The first-order valence-electron chi connectivity index (χ1n) is 10.5. The number of carbonyl (C=O) groups excluding carboxylic acids is 2. The number of esters is 1. The van der Waals surface area contributed by atoms with E-state index in [1.807, 2.05) is 6.92 Å². The highest BCUT2D eigenvalue weighted by Crippen LogP contribution is 2.54. The zero-order valence-corrected chi connectivity index (χ0v) is 19.8. The molecule has 3 rings (SSSR count). The Morgan fingerprint density at radius 1 is 1.25 bits per heavy atom. The largest absolute Gasteiger partial charge is 0.482 e. The third-order valence-electron chi connectivity index (χ3n) is 6.41. The zero-order valence-electron chi connectivity index (χ0n) is 19.0. The molecule has 0 saturated carbocycles. The maximum atomic E-state index is 13.3. The van der Waals surface area contributed by atoms with Crippen molar-refractivity contribution in [2.24, 2.45) is 17.8 Å². The minimum atomic E-state index is -1.47. The number of ether oxygens (including phenoxy) is 3. The van der Waals surface area contributed by atoms with Crippen LogP contribution in [0.15, 0.2) is 57.8 Å². The Balaban J connectivity index is 2.11. The second-order valence-corrected chi connectivity index (χ2v) is 9.07. The lowest BCUT2D eigenvalue weighted by Gasteiger charge is -2.37. The molecule has 0 amide bonds. The Bertz CT molecular complexity index is 982. The number of carbonyl (C=O) groups is 2. The van der Waals surface area contributed by atoms with Crippen molar-refractivity contribution < 1.29 is 34.0 Å². The first kappa shape index (κ1) is 24.3. The number of aliphatic hydroxyl groups is 2. The minimum Gasteiger partial charge on any atom is -0.482 e. The van der Waals surface area contributed by atoms with Gasteiger partial charge < -0.3 is 24.4 Å². The maximum Gasteiger partial charge on any atom is 0.337 e. The Morgan fingerprint density at radius 3 is 2.47 bits per heavy atom. The first-order valence-corrected chi connectivity index (χ1v) is 10.9. The fourth-order valence-corrected chi connectivity index (χ4v) is 4.33. The molecule has 0 saturated heterocycles. The van der Waals surface area contributed by atoms with Crippen molar-refractivity contribution in [3.63, 3.8) is 0 Å². The van der Waals surface area contributed by atoms with Gasteiger partial charge in [-0.3, -0.25) is 4.79 Å². The van der Waals surface area contributed by atoms with Crippen LogP contribution in [-0.2, 0) is 23.8 Å². The number of rotatable bonds is 6. The normalized spacial score (nSPS) is 28.8. The average molecular weight is 465 g/mol. The minimum absolute atomic E-state index is 0.0251. The number of aliphatic hydroxyl groups excluding tert-OH is 2. The van der Waals surface area contributed by atoms with Crippen molar-refractivity contribution in [2.45, 2.75) is 52.4 Å². The van der Waals surface area contributed by atoms with Crippen LogP contribution in [0.1, 0.15) is 34.6 Å². The van der Waals surface area contributed by atoms with Crippen LogP contribution in [0.3, 0.4) is 0 Å². The second kappa shape index (κ2) is 8.89. The van der Waals surface area contributed by atoms with Gasteiger partial charge >= 0.3 is 5.97 Å². The molecule has 8 heteroatoms. The first-order chi connectivity index (χ1) is 14.9. The van der Waals surface area contributed by atoms with Crippen LogP contribution in [-0.4, -0.2) is 46.9 Å². The SMILES string of the molecule is COC(=O)C1=C([C@H](C)[C@@H](C)O)O[C@]2(C)C(=O)C(Cl)=C3C=C(/C=C/[C@@H](C)[C@@H](C)O)OC=C3[C@H]12. The number of allylic oxidation sites excluding steroid dienone is 3. The summed E-state index contributed by atoms with van der Waals surface area (Å²) in [5.74, 6) is -1.94. The summed E-state index contributed by atoms with van der Waals surface area (Å²) in [4.78, 5) is 26.1. The molecule has 0 aromatic heterocycles. The van der Waals surface area contributed by atoms with E-state index in [9.17, 15) is 19.8 Å². The molecular formula is C24H29ClO7. The number of halogens is 1. The number of methoxy groups -OCH3 is 1. The Labute approximate surface area is 192 Å². The number of hydrogen-bond acceptors (Lipinski definition) is 7. The molecule has 174 valence electrons. The van der Waals surface area contributed by atoms with Gasteiger partial charge in [-0.15, -0.1) is 0 Å². The van der Waals surface area contributed by atoms with E-state index in [1.54, 1.807) is 45.9 Å². The third kappa shape index (κ3) is 3.93. The van der Waals surface area contributed by atoms with E-state index in [4.69, 9.17) is 25.8 Å². The lowest BCUT2D eigenvalue weighted by Crippen LogP contribution is -2.47. The maximum absolute atomic E-state index is 13.3. The predicted octanol–water partition coefficient (Wildman–Crippen LogP) is 3.28. The Morgan fingerprint density at radius 2 is 1.91 bits per heavy atom. The fraction of sp³-hybridized carbons (Fsp3) is 0.500. The summed E-state index contributed by atoms with van der Waals surface area (Å²) in [5, 5.41) is 19.8. The summed E-state index contributed by atoms with van der Waals surface area (Å²) in [6, 6.07) is 0. The van der Waals surface area contributed by atoms with Gasteiger partial charge in [0.15, 0.2) is 5.60 Å². The lowest BCUT2D eigenvalue weighted by molar-refractivity contribution is -0.137. The van der Waals surface area contributed by atoms with Gasteiger partial charge in [0.2, 0.25) is 5.78 Å². The van der Waals surface area contributed by atoms with E-state index >= 15 is 0 Å². The van der Waals surface area contributed by atoms with Crippen LogP contribution < -0.4 is 0 Å². The van der Waals surface area contributed by atoms with Crippen LogP contribution in [0, 0.1) is 17.8 Å². The highest BCUT2D eigenvalue weighted by molar-refractivity contribution is 6.45.